The predicted octanol–water partition coefficient (Wildman–Crippen LogP) is 0.457. The highest BCUT2D eigenvalue weighted by molar-refractivity contribution is 7.78. The first-order valence-corrected chi connectivity index (χ1v) is 3.96. The second-order valence-electron chi connectivity index (χ2n) is 2.12. The Morgan fingerprint density at radius 3 is 2.56 bits per heavy atom. The minimum Gasteiger partial charge on any atom is -0.278 e. The van der Waals surface area contributed by atoms with Gasteiger partial charge in [-0.25, -0.2) is 8.93 Å². The van der Waals surface area contributed by atoms with Gasteiger partial charge in [-0.1, -0.05) is 13.8 Å². The summed E-state index contributed by atoms with van der Waals surface area (Å²) >= 11 is -1.30. The fourth-order valence-electron chi connectivity index (χ4n) is 0.257. The maximum atomic E-state index is 10.5. The summed E-state index contributed by atoms with van der Waals surface area (Å²) in [5.74, 6) is 0.433. The Bertz CT molecular complexity index is 95.0. The van der Waals surface area contributed by atoms with Crippen LogP contribution in [0.4, 0.5) is 0 Å². The molecule has 0 saturated heterocycles. The molecule has 1 atom stereocenters. The summed E-state index contributed by atoms with van der Waals surface area (Å²) in [5, 5.41) is 0. The van der Waals surface area contributed by atoms with Gasteiger partial charge >= 0.3 is 0 Å². The molecule has 0 aromatic heterocycles. The van der Waals surface area contributed by atoms with Gasteiger partial charge in [-0.3, -0.25) is 4.18 Å². The maximum Gasteiger partial charge on any atom is 0.234 e. The molecule has 0 aliphatic carbocycles. The van der Waals surface area contributed by atoms with Crippen molar-refractivity contribution in [3.8, 4) is 0 Å². The van der Waals surface area contributed by atoms with Crippen LogP contribution in [-0.4, -0.2) is 17.9 Å². The topological polar surface area (TPSA) is 38.3 Å². The van der Waals surface area contributed by atoms with Crippen LogP contribution in [0.1, 0.15) is 13.8 Å². The molecule has 0 fully saturated rings. The molecule has 9 heavy (non-hydrogen) atoms. The summed E-state index contributed by atoms with van der Waals surface area (Å²) < 4.78 is 17.8. The SMILES string of the molecule is CNS(=O)OCC(C)C. The van der Waals surface area contributed by atoms with E-state index in [0.29, 0.717) is 12.5 Å². The Hall–Kier alpha value is 0.0700. The first-order valence-electron chi connectivity index (χ1n) is 2.89. The van der Waals surface area contributed by atoms with Crippen LogP contribution in [0.15, 0.2) is 0 Å². The monoisotopic (exact) mass is 151 g/mol. The van der Waals surface area contributed by atoms with Gasteiger partial charge in [0, 0.05) is 0 Å². The lowest BCUT2D eigenvalue weighted by Gasteiger charge is -2.02. The van der Waals surface area contributed by atoms with Crippen LogP contribution in [0.5, 0.6) is 0 Å². The molecular weight excluding hydrogens is 138 g/mol. The summed E-state index contributed by atoms with van der Waals surface area (Å²) in [6.45, 7) is 4.55. The quantitative estimate of drug-likeness (QED) is 0.634. The van der Waals surface area contributed by atoms with Gasteiger partial charge in [-0.05, 0) is 13.0 Å². The molecule has 0 saturated carbocycles. The minimum absolute atomic E-state index is 0.433. The first kappa shape index (κ1) is 9.07. The molecule has 0 radical (unpaired) electrons. The Balaban J connectivity index is 3.17. The summed E-state index contributed by atoms with van der Waals surface area (Å²) in [6, 6.07) is 0. The lowest BCUT2D eigenvalue weighted by Crippen LogP contribution is -2.16. The Morgan fingerprint density at radius 2 is 2.22 bits per heavy atom. The average molecular weight is 151 g/mol. The van der Waals surface area contributed by atoms with Crippen LogP contribution < -0.4 is 4.72 Å². The highest BCUT2D eigenvalue weighted by Gasteiger charge is 1.97. The summed E-state index contributed by atoms with van der Waals surface area (Å²) in [4.78, 5) is 0. The van der Waals surface area contributed by atoms with Crippen molar-refractivity contribution in [3.63, 3.8) is 0 Å². The van der Waals surface area contributed by atoms with Crippen LogP contribution in [0.25, 0.3) is 0 Å². The predicted molar refractivity (Wildman–Crippen MR) is 38.0 cm³/mol. The third kappa shape index (κ3) is 5.95. The fourth-order valence-corrected chi connectivity index (χ4v) is 0.770. The van der Waals surface area contributed by atoms with Crippen LogP contribution >= 0.6 is 0 Å². The van der Waals surface area contributed by atoms with E-state index in [2.05, 4.69) is 4.72 Å². The molecule has 1 N–H and O–H groups in total. The molecule has 0 aliphatic heterocycles. The lowest BCUT2D eigenvalue weighted by atomic mass is 10.2. The molecular formula is C5H13NO2S. The van der Waals surface area contributed by atoms with Crippen molar-refractivity contribution in [2.24, 2.45) is 5.92 Å². The summed E-state index contributed by atoms with van der Waals surface area (Å²) in [7, 11) is 1.59. The largest absolute Gasteiger partial charge is 0.278 e. The molecule has 56 valence electrons. The van der Waals surface area contributed by atoms with E-state index in [-0.39, 0.29) is 0 Å². The molecule has 0 aromatic rings. The zero-order valence-electron chi connectivity index (χ0n) is 6.01. The highest BCUT2D eigenvalue weighted by Crippen LogP contribution is 1.92. The molecule has 0 heterocycles. The molecule has 0 aliphatic rings. The minimum atomic E-state index is -1.30. The van der Waals surface area contributed by atoms with Gasteiger partial charge < -0.3 is 0 Å². The highest BCUT2D eigenvalue weighted by atomic mass is 32.2. The van der Waals surface area contributed by atoms with Crippen LogP contribution in [0.3, 0.4) is 0 Å². The van der Waals surface area contributed by atoms with Crippen molar-refractivity contribution < 1.29 is 8.39 Å². The van der Waals surface area contributed by atoms with Gasteiger partial charge in [-0.2, -0.15) is 0 Å². The maximum absolute atomic E-state index is 10.5. The van der Waals surface area contributed by atoms with Gasteiger partial charge in [0.2, 0.25) is 11.3 Å². The molecule has 3 nitrogen and oxygen atoms in total. The molecule has 1 unspecified atom stereocenters. The second-order valence-corrected chi connectivity index (χ2v) is 3.23. The second kappa shape index (κ2) is 4.90. The Labute approximate surface area is 58.6 Å². The molecule has 4 heteroatoms. The molecule has 0 bridgehead atoms. The standard InChI is InChI=1S/C5H13NO2S/c1-5(2)4-8-9(7)6-3/h5-6H,4H2,1-3H3. The van der Waals surface area contributed by atoms with E-state index in [4.69, 9.17) is 4.18 Å². The number of rotatable bonds is 4. The normalized spacial score (nSPS) is 14.2. The van der Waals surface area contributed by atoms with Crippen molar-refractivity contribution in [3.05, 3.63) is 0 Å². The Morgan fingerprint density at radius 1 is 1.67 bits per heavy atom. The van der Waals surface area contributed by atoms with Crippen molar-refractivity contribution in [1.82, 2.24) is 4.72 Å². The van der Waals surface area contributed by atoms with E-state index in [1.807, 2.05) is 13.8 Å². The van der Waals surface area contributed by atoms with Crippen LogP contribution in [0, 0.1) is 5.92 Å². The number of nitrogens with one attached hydrogen (secondary N) is 1. The van der Waals surface area contributed by atoms with E-state index >= 15 is 0 Å². The van der Waals surface area contributed by atoms with Crippen LogP contribution in [0.2, 0.25) is 0 Å². The van der Waals surface area contributed by atoms with Gasteiger partial charge in [0.05, 0.1) is 6.61 Å². The van der Waals surface area contributed by atoms with E-state index in [1.54, 1.807) is 7.05 Å². The van der Waals surface area contributed by atoms with E-state index in [0.717, 1.165) is 0 Å². The third-order valence-electron chi connectivity index (χ3n) is 0.675. The number of hydrogen-bond acceptors (Lipinski definition) is 2. The van der Waals surface area contributed by atoms with E-state index < -0.39 is 11.3 Å². The first-order chi connectivity index (χ1) is 4.16. The van der Waals surface area contributed by atoms with Gasteiger partial charge in [0.15, 0.2) is 0 Å². The van der Waals surface area contributed by atoms with Crippen molar-refractivity contribution in [2.75, 3.05) is 13.7 Å². The Kier molecular flexibility index (Phi) is 4.94. The summed E-state index contributed by atoms with van der Waals surface area (Å²) in [5.41, 5.74) is 0. The van der Waals surface area contributed by atoms with Crippen molar-refractivity contribution in [1.29, 1.82) is 0 Å². The summed E-state index contributed by atoms with van der Waals surface area (Å²) in [6.07, 6.45) is 0. The van der Waals surface area contributed by atoms with Gasteiger partial charge in [0.25, 0.3) is 0 Å². The number of hydrogen-bond donors (Lipinski definition) is 1. The van der Waals surface area contributed by atoms with Crippen molar-refractivity contribution >= 4 is 11.3 Å². The zero-order chi connectivity index (χ0) is 7.28. The van der Waals surface area contributed by atoms with Gasteiger partial charge in [-0.15, -0.1) is 0 Å². The molecule has 0 spiro atoms. The molecule has 0 aromatic carbocycles. The molecule has 0 amide bonds. The van der Waals surface area contributed by atoms with Crippen LogP contribution in [-0.2, 0) is 15.4 Å². The fraction of sp³-hybridized carbons (Fsp3) is 1.00. The third-order valence-corrected chi connectivity index (χ3v) is 1.36. The van der Waals surface area contributed by atoms with E-state index in [1.165, 1.54) is 0 Å². The average Bonchev–Trinajstić information content (AvgIpc) is 1.83. The molecule has 0 rings (SSSR count). The van der Waals surface area contributed by atoms with E-state index in [9.17, 15) is 4.21 Å². The lowest BCUT2D eigenvalue weighted by molar-refractivity contribution is 0.293. The van der Waals surface area contributed by atoms with Gasteiger partial charge in [0.1, 0.15) is 0 Å². The smallest absolute Gasteiger partial charge is 0.234 e. The zero-order valence-corrected chi connectivity index (χ0v) is 6.83. The van der Waals surface area contributed by atoms with Crippen molar-refractivity contribution in [2.45, 2.75) is 13.8 Å².